The molecule has 1 aromatic rings. The SMILES string of the molecule is CCNC(=NCCNC(=O)c1ccc(O)cc1)NC1CCN(CCOC(C)C)CC1.I. The number of phenols is 1. The minimum absolute atomic E-state index is 0. The molecule has 1 amide bonds. The maximum Gasteiger partial charge on any atom is 0.251 e. The monoisotopic (exact) mass is 547 g/mol. The summed E-state index contributed by atoms with van der Waals surface area (Å²) in [4.78, 5) is 19.1. The summed E-state index contributed by atoms with van der Waals surface area (Å²) in [6.45, 7) is 11.8. The number of benzene rings is 1. The summed E-state index contributed by atoms with van der Waals surface area (Å²) in [6, 6.07) is 6.60. The van der Waals surface area contributed by atoms with Crippen molar-refractivity contribution in [3.05, 3.63) is 29.8 Å². The third-order valence-corrected chi connectivity index (χ3v) is 4.93. The summed E-state index contributed by atoms with van der Waals surface area (Å²) in [5.74, 6) is 0.766. The van der Waals surface area contributed by atoms with Gasteiger partial charge in [-0.1, -0.05) is 0 Å². The fraction of sp³-hybridized carbons (Fsp3) is 0.636. The van der Waals surface area contributed by atoms with Gasteiger partial charge in [0.2, 0.25) is 0 Å². The third-order valence-electron chi connectivity index (χ3n) is 4.93. The van der Waals surface area contributed by atoms with Crippen LogP contribution in [0.2, 0.25) is 0 Å². The van der Waals surface area contributed by atoms with Gasteiger partial charge >= 0.3 is 0 Å². The molecule has 0 unspecified atom stereocenters. The number of nitrogens with zero attached hydrogens (tertiary/aromatic N) is 2. The van der Waals surface area contributed by atoms with Gasteiger partial charge in [-0.15, -0.1) is 24.0 Å². The highest BCUT2D eigenvalue weighted by Crippen LogP contribution is 2.10. The fourth-order valence-corrected chi connectivity index (χ4v) is 3.28. The molecule has 1 aromatic carbocycles. The average Bonchev–Trinajstić information content (AvgIpc) is 2.72. The van der Waals surface area contributed by atoms with Crippen LogP contribution >= 0.6 is 24.0 Å². The predicted octanol–water partition coefficient (Wildman–Crippen LogP) is 2.18. The van der Waals surface area contributed by atoms with Crippen LogP contribution in [-0.2, 0) is 4.74 Å². The second-order valence-electron chi connectivity index (χ2n) is 7.74. The van der Waals surface area contributed by atoms with Gasteiger partial charge < -0.3 is 30.7 Å². The number of likely N-dealkylation sites (tertiary alicyclic amines) is 1. The summed E-state index contributed by atoms with van der Waals surface area (Å²) in [5.41, 5.74) is 0.521. The number of carbonyl (C=O) groups excluding carboxylic acids is 1. The van der Waals surface area contributed by atoms with E-state index < -0.39 is 0 Å². The minimum Gasteiger partial charge on any atom is -0.508 e. The Morgan fingerprint density at radius 2 is 1.90 bits per heavy atom. The molecule has 2 rings (SSSR count). The van der Waals surface area contributed by atoms with Crippen molar-refractivity contribution >= 4 is 35.8 Å². The number of rotatable bonds is 10. The third kappa shape index (κ3) is 11.0. The molecule has 176 valence electrons. The second-order valence-corrected chi connectivity index (χ2v) is 7.74. The van der Waals surface area contributed by atoms with E-state index >= 15 is 0 Å². The molecule has 0 radical (unpaired) electrons. The number of phenolic OH excluding ortho intramolecular Hbond substituents is 1. The number of amides is 1. The molecule has 0 aromatic heterocycles. The number of hydrogen-bond acceptors (Lipinski definition) is 5. The Morgan fingerprint density at radius 3 is 2.52 bits per heavy atom. The summed E-state index contributed by atoms with van der Waals surface area (Å²) in [7, 11) is 0. The zero-order valence-corrected chi connectivity index (χ0v) is 21.2. The first-order valence-corrected chi connectivity index (χ1v) is 10.9. The van der Waals surface area contributed by atoms with Crippen LogP contribution in [-0.4, -0.2) is 79.9 Å². The highest BCUT2D eigenvalue weighted by Gasteiger charge is 2.19. The Labute approximate surface area is 203 Å². The van der Waals surface area contributed by atoms with Crippen molar-refractivity contribution in [1.29, 1.82) is 0 Å². The van der Waals surface area contributed by atoms with E-state index in [1.165, 1.54) is 12.1 Å². The normalized spacial score (nSPS) is 15.4. The highest BCUT2D eigenvalue weighted by molar-refractivity contribution is 14.0. The molecule has 1 fully saturated rings. The molecule has 31 heavy (non-hydrogen) atoms. The number of halogens is 1. The maximum absolute atomic E-state index is 12.1. The lowest BCUT2D eigenvalue weighted by molar-refractivity contribution is 0.0532. The van der Waals surface area contributed by atoms with Crippen LogP contribution in [0.5, 0.6) is 5.75 Å². The van der Waals surface area contributed by atoms with Gasteiger partial charge in [0.25, 0.3) is 5.91 Å². The zero-order valence-electron chi connectivity index (χ0n) is 18.9. The Kier molecular flexibility index (Phi) is 13.5. The average molecular weight is 547 g/mol. The summed E-state index contributed by atoms with van der Waals surface area (Å²) in [5, 5.41) is 18.9. The molecule has 0 saturated carbocycles. The number of carbonyl (C=O) groups is 1. The van der Waals surface area contributed by atoms with Crippen LogP contribution in [0.1, 0.15) is 44.0 Å². The zero-order chi connectivity index (χ0) is 21.8. The number of ether oxygens (including phenoxy) is 1. The van der Waals surface area contributed by atoms with Crippen molar-refractivity contribution in [2.45, 2.75) is 45.8 Å². The van der Waals surface area contributed by atoms with Crippen molar-refractivity contribution in [1.82, 2.24) is 20.9 Å². The van der Waals surface area contributed by atoms with Gasteiger partial charge in [0.05, 0.1) is 19.3 Å². The van der Waals surface area contributed by atoms with E-state index in [0.717, 1.165) is 51.6 Å². The molecule has 1 heterocycles. The molecule has 8 nitrogen and oxygen atoms in total. The van der Waals surface area contributed by atoms with E-state index in [9.17, 15) is 9.90 Å². The Morgan fingerprint density at radius 1 is 1.23 bits per heavy atom. The molecule has 1 aliphatic heterocycles. The van der Waals surface area contributed by atoms with Crippen molar-refractivity contribution in [2.75, 3.05) is 45.9 Å². The largest absolute Gasteiger partial charge is 0.508 e. The van der Waals surface area contributed by atoms with Gasteiger partial charge in [-0.3, -0.25) is 9.79 Å². The van der Waals surface area contributed by atoms with Gasteiger partial charge in [0.1, 0.15) is 5.75 Å². The van der Waals surface area contributed by atoms with Crippen LogP contribution in [0.15, 0.2) is 29.3 Å². The van der Waals surface area contributed by atoms with Gasteiger partial charge in [-0.05, 0) is 57.9 Å². The van der Waals surface area contributed by atoms with Crippen molar-refractivity contribution in [2.24, 2.45) is 4.99 Å². The first kappa shape index (κ1) is 27.4. The molecule has 1 saturated heterocycles. The van der Waals surface area contributed by atoms with E-state index in [4.69, 9.17) is 4.74 Å². The summed E-state index contributed by atoms with van der Waals surface area (Å²) >= 11 is 0. The Bertz CT molecular complexity index is 662. The molecule has 0 aliphatic carbocycles. The van der Waals surface area contributed by atoms with Crippen LogP contribution in [0, 0.1) is 0 Å². The van der Waals surface area contributed by atoms with Gasteiger partial charge in [0, 0.05) is 44.3 Å². The lowest BCUT2D eigenvalue weighted by Crippen LogP contribution is -2.49. The second kappa shape index (κ2) is 15.3. The highest BCUT2D eigenvalue weighted by atomic mass is 127. The fourth-order valence-electron chi connectivity index (χ4n) is 3.28. The molecule has 0 spiro atoms. The lowest BCUT2D eigenvalue weighted by atomic mass is 10.1. The van der Waals surface area contributed by atoms with Crippen LogP contribution < -0.4 is 16.0 Å². The predicted molar refractivity (Wildman–Crippen MR) is 136 cm³/mol. The van der Waals surface area contributed by atoms with E-state index in [1.807, 2.05) is 6.92 Å². The van der Waals surface area contributed by atoms with Gasteiger partial charge in [-0.25, -0.2) is 0 Å². The van der Waals surface area contributed by atoms with Gasteiger partial charge in [-0.2, -0.15) is 0 Å². The number of piperidine rings is 1. The van der Waals surface area contributed by atoms with Crippen molar-refractivity contribution in [3.63, 3.8) is 0 Å². The Balaban J connectivity index is 0.00000480. The molecule has 4 N–H and O–H groups in total. The Hall–Kier alpha value is -1.59. The smallest absolute Gasteiger partial charge is 0.251 e. The molecule has 9 heteroatoms. The minimum atomic E-state index is -0.169. The number of hydrogen-bond donors (Lipinski definition) is 4. The number of aromatic hydroxyl groups is 1. The van der Waals surface area contributed by atoms with Gasteiger partial charge in [0.15, 0.2) is 5.96 Å². The lowest BCUT2D eigenvalue weighted by Gasteiger charge is -2.33. The summed E-state index contributed by atoms with van der Waals surface area (Å²) < 4.78 is 5.65. The van der Waals surface area contributed by atoms with E-state index in [-0.39, 0.29) is 41.7 Å². The van der Waals surface area contributed by atoms with E-state index in [2.05, 4.69) is 39.7 Å². The topological polar surface area (TPSA) is 98.2 Å². The molecule has 0 bridgehead atoms. The maximum atomic E-state index is 12.1. The molecule has 1 aliphatic rings. The van der Waals surface area contributed by atoms with Crippen molar-refractivity contribution < 1.29 is 14.6 Å². The molecular formula is C22H38IN5O3. The van der Waals surface area contributed by atoms with Crippen molar-refractivity contribution in [3.8, 4) is 5.75 Å². The van der Waals surface area contributed by atoms with E-state index in [0.29, 0.717) is 24.7 Å². The first-order valence-electron chi connectivity index (χ1n) is 10.9. The standard InChI is InChI=1S/C22H37N5O3.HI/c1-4-23-22(25-12-11-24-21(29)18-5-7-20(28)8-6-18)26-19-9-13-27(14-10-19)15-16-30-17(2)3;/h5-8,17,19,28H,4,9-16H2,1-3H3,(H,24,29)(H2,23,25,26);1H. The van der Waals surface area contributed by atoms with Crippen LogP contribution in [0.3, 0.4) is 0 Å². The number of nitrogens with one attached hydrogen (secondary N) is 3. The quantitative estimate of drug-likeness (QED) is 0.155. The van der Waals surface area contributed by atoms with Crippen LogP contribution in [0.4, 0.5) is 0 Å². The number of aliphatic imine (C=N–C) groups is 1. The number of guanidine groups is 1. The van der Waals surface area contributed by atoms with Crippen LogP contribution in [0.25, 0.3) is 0 Å². The van der Waals surface area contributed by atoms with E-state index in [1.54, 1.807) is 12.1 Å². The summed E-state index contributed by atoms with van der Waals surface area (Å²) in [6.07, 6.45) is 2.43. The molecular weight excluding hydrogens is 509 g/mol. The molecule has 0 atom stereocenters. The first-order chi connectivity index (χ1) is 14.5.